The van der Waals surface area contributed by atoms with Crippen molar-refractivity contribution >= 4 is 50.8 Å². The number of anilines is 4. The number of benzene rings is 6. The summed E-state index contributed by atoms with van der Waals surface area (Å²) in [4.78, 5) is 15.5. The highest BCUT2D eigenvalue weighted by molar-refractivity contribution is 6.12. The van der Waals surface area contributed by atoms with E-state index in [1.165, 1.54) is 7.11 Å². The normalized spacial score (nSPS) is 11.0. The summed E-state index contributed by atoms with van der Waals surface area (Å²) in [7, 11) is 1.53. The van der Waals surface area contributed by atoms with Gasteiger partial charge in [0.1, 0.15) is 17.1 Å². The standard InChI is InChI=1S/C36H28N4O3/c1-43-33-23-13-11-21-31(33)37-36(42)29-24-25-14-8-9-19-28(25)34(35(29)41)39-38-30-20-10-12-22-32(30)40(26-15-4-2-5-16-26)27-17-6-3-7-18-27/h2-24,41H,1H3,(H,37,42). The molecule has 6 rings (SSSR count). The van der Waals surface area contributed by atoms with Crippen LogP contribution in [0.1, 0.15) is 10.4 Å². The molecule has 0 saturated carbocycles. The smallest absolute Gasteiger partial charge is 0.259 e. The fourth-order valence-electron chi connectivity index (χ4n) is 4.95. The molecule has 0 aliphatic rings. The number of carbonyl (C=O) groups excluding carboxylic acids is 1. The number of fused-ring (bicyclic) bond motifs is 1. The van der Waals surface area contributed by atoms with Crippen molar-refractivity contribution in [3.05, 3.63) is 145 Å². The zero-order chi connectivity index (χ0) is 29.6. The highest BCUT2D eigenvalue weighted by Gasteiger charge is 2.20. The number of phenolic OH excluding ortho intramolecular Hbond substituents is 1. The summed E-state index contributed by atoms with van der Waals surface area (Å²) < 4.78 is 5.37. The van der Waals surface area contributed by atoms with Crippen molar-refractivity contribution in [2.45, 2.75) is 0 Å². The Bertz CT molecular complexity index is 1890. The Morgan fingerprint density at radius 2 is 1.33 bits per heavy atom. The van der Waals surface area contributed by atoms with E-state index in [0.717, 1.165) is 22.4 Å². The molecule has 0 aliphatic carbocycles. The number of rotatable bonds is 8. The second kappa shape index (κ2) is 12.3. The van der Waals surface area contributed by atoms with Crippen molar-refractivity contribution in [2.75, 3.05) is 17.3 Å². The molecule has 210 valence electrons. The molecule has 0 radical (unpaired) electrons. The van der Waals surface area contributed by atoms with Crippen LogP contribution in [0.5, 0.6) is 11.5 Å². The van der Waals surface area contributed by atoms with Gasteiger partial charge in [0, 0.05) is 16.8 Å². The third kappa shape index (κ3) is 5.64. The Kier molecular flexibility index (Phi) is 7.78. The predicted molar refractivity (Wildman–Crippen MR) is 172 cm³/mol. The molecule has 0 saturated heterocycles. The third-order valence-corrected chi connectivity index (χ3v) is 7.00. The van der Waals surface area contributed by atoms with E-state index < -0.39 is 5.91 Å². The maximum absolute atomic E-state index is 13.4. The number of ether oxygens (including phenoxy) is 1. The minimum atomic E-state index is -0.496. The first-order chi connectivity index (χ1) is 21.1. The molecule has 0 unspecified atom stereocenters. The first-order valence-electron chi connectivity index (χ1n) is 13.7. The van der Waals surface area contributed by atoms with Crippen LogP contribution in [0, 0.1) is 0 Å². The predicted octanol–water partition coefficient (Wildman–Crippen LogP) is 9.69. The van der Waals surface area contributed by atoms with E-state index in [9.17, 15) is 9.90 Å². The number of methoxy groups -OCH3 is 1. The van der Waals surface area contributed by atoms with E-state index in [2.05, 4.69) is 20.4 Å². The SMILES string of the molecule is COc1ccccc1NC(=O)c1cc2ccccc2c(N=Nc2ccccc2N(c2ccccc2)c2ccccc2)c1O. The van der Waals surface area contributed by atoms with E-state index in [4.69, 9.17) is 4.74 Å². The van der Waals surface area contributed by atoms with Crippen LogP contribution >= 0.6 is 0 Å². The molecule has 0 heterocycles. The molecule has 0 spiro atoms. The van der Waals surface area contributed by atoms with Crippen LogP contribution < -0.4 is 15.0 Å². The fraction of sp³-hybridized carbons (Fsp3) is 0.0278. The maximum Gasteiger partial charge on any atom is 0.259 e. The van der Waals surface area contributed by atoms with E-state index in [0.29, 0.717) is 22.5 Å². The number of nitrogens with zero attached hydrogens (tertiary/aromatic N) is 3. The molecule has 6 aromatic rings. The van der Waals surface area contributed by atoms with Gasteiger partial charge in [0.15, 0.2) is 5.75 Å². The molecular formula is C36H28N4O3. The number of amides is 1. The summed E-state index contributed by atoms with van der Waals surface area (Å²) in [6, 6.07) is 43.9. The Labute approximate surface area is 249 Å². The lowest BCUT2D eigenvalue weighted by Gasteiger charge is -2.26. The number of azo groups is 1. The minimum Gasteiger partial charge on any atom is -0.505 e. The molecule has 0 aromatic heterocycles. The number of carbonyl (C=O) groups is 1. The molecule has 6 aromatic carbocycles. The summed E-state index contributed by atoms with van der Waals surface area (Å²) in [5, 5.41) is 24.9. The second-order valence-corrected chi connectivity index (χ2v) is 9.69. The van der Waals surface area contributed by atoms with Crippen molar-refractivity contribution in [1.82, 2.24) is 0 Å². The average Bonchev–Trinajstić information content (AvgIpc) is 3.06. The van der Waals surface area contributed by atoms with Crippen LogP contribution in [-0.4, -0.2) is 18.1 Å². The molecule has 7 nitrogen and oxygen atoms in total. The molecule has 2 N–H and O–H groups in total. The summed E-state index contributed by atoms with van der Waals surface area (Å²) >= 11 is 0. The first kappa shape index (κ1) is 27.2. The zero-order valence-electron chi connectivity index (χ0n) is 23.4. The molecule has 43 heavy (non-hydrogen) atoms. The highest BCUT2D eigenvalue weighted by atomic mass is 16.5. The van der Waals surface area contributed by atoms with Crippen molar-refractivity contribution in [3.8, 4) is 11.5 Å². The fourth-order valence-corrected chi connectivity index (χ4v) is 4.95. The van der Waals surface area contributed by atoms with Crippen LogP contribution in [-0.2, 0) is 0 Å². The third-order valence-electron chi connectivity index (χ3n) is 7.00. The number of nitrogens with one attached hydrogen (secondary N) is 1. The highest BCUT2D eigenvalue weighted by Crippen LogP contribution is 2.43. The van der Waals surface area contributed by atoms with Gasteiger partial charge in [-0.25, -0.2) is 0 Å². The van der Waals surface area contributed by atoms with Gasteiger partial charge in [-0.3, -0.25) is 4.79 Å². The molecule has 0 bridgehead atoms. The maximum atomic E-state index is 13.4. The monoisotopic (exact) mass is 564 g/mol. The molecular weight excluding hydrogens is 536 g/mol. The van der Waals surface area contributed by atoms with E-state index in [-0.39, 0.29) is 17.0 Å². The molecule has 0 atom stereocenters. The summed E-state index contributed by atoms with van der Waals surface area (Å²) in [6.45, 7) is 0. The van der Waals surface area contributed by atoms with E-state index in [1.54, 1.807) is 24.3 Å². The first-order valence-corrected chi connectivity index (χ1v) is 13.7. The van der Waals surface area contributed by atoms with Crippen molar-refractivity contribution in [2.24, 2.45) is 10.2 Å². The lowest BCUT2D eigenvalue weighted by atomic mass is 10.0. The Morgan fingerprint density at radius 1 is 0.721 bits per heavy atom. The van der Waals surface area contributed by atoms with Crippen molar-refractivity contribution < 1.29 is 14.6 Å². The summed E-state index contributed by atoms with van der Waals surface area (Å²) in [5.74, 6) is -0.256. The van der Waals surface area contributed by atoms with Gasteiger partial charge in [0.25, 0.3) is 5.91 Å². The number of para-hydroxylation sites is 5. The van der Waals surface area contributed by atoms with Crippen LogP contribution in [0.15, 0.2) is 150 Å². The Balaban J connectivity index is 1.44. The largest absolute Gasteiger partial charge is 0.505 e. The van der Waals surface area contributed by atoms with Gasteiger partial charge in [0.2, 0.25) is 0 Å². The molecule has 7 heteroatoms. The van der Waals surface area contributed by atoms with Gasteiger partial charge in [-0.15, -0.1) is 10.2 Å². The molecule has 0 fully saturated rings. The van der Waals surface area contributed by atoms with Gasteiger partial charge in [-0.1, -0.05) is 84.9 Å². The number of aromatic hydroxyl groups is 1. The number of hydrogen-bond donors (Lipinski definition) is 2. The van der Waals surface area contributed by atoms with Gasteiger partial charge >= 0.3 is 0 Å². The van der Waals surface area contributed by atoms with Crippen LogP contribution in [0.2, 0.25) is 0 Å². The molecule has 0 aliphatic heterocycles. The van der Waals surface area contributed by atoms with Crippen LogP contribution in [0.3, 0.4) is 0 Å². The average molecular weight is 565 g/mol. The quantitative estimate of drug-likeness (QED) is 0.180. The van der Waals surface area contributed by atoms with Crippen molar-refractivity contribution in [1.29, 1.82) is 0 Å². The number of hydrogen-bond acceptors (Lipinski definition) is 6. The van der Waals surface area contributed by atoms with Crippen LogP contribution in [0.4, 0.5) is 34.1 Å². The van der Waals surface area contributed by atoms with Crippen molar-refractivity contribution in [3.63, 3.8) is 0 Å². The lowest BCUT2D eigenvalue weighted by molar-refractivity contribution is 0.102. The lowest BCUT2D eigenvalue weighted by Crippen LogP contribution is -2.13. The summed E-state index contributed by atoms with van der Waals surface area (Å²) in [5.41, 5.74) is 4.06. The van der Waals surface area contributed by atoms with Gasteiger partial charge in [-0.2, -0.15) is 0 Å². The van der Waals surface area contributed by atoms with E-state index >= 15 is 0 Å². The minimum absolute atomic E-state index is 0.0713. The number of phenols is 1. The molecule has 1 amide bonds. The van der Waals surface area contributed by atoms with Gasteiger partial charge in [-0.05, 0) is 60.0 Å². The Hall–Kier alpha value is -5.95. The second-order valence-electron chi connectivity index (χ2n) is 9.69. The zero-order valence-corrected chi connectivity index (χ0v) is 23.4. The van der Waals surface area contributed by atoms with Crippen LogP contribution in [0.25, 0.3) is 10.8 Å². The Morgan fingerprint density at radius 3 is 2.05 bits per heavy atom. The summed E-state index contributed by atoms with van der Waals surface area (Å²) in [6.07, 6.45) is 0. The van der Waals surface area contributed by atoms with Gasteiger partial charge < -0.3 is 20.1 Å². The van der Waals surface area contributed by atoms with E-state index in [1.807, 2.05) is 115 Å². The van der Waals surface area contributed by atoms with Gasteiger partial charge in [0.05, 0.1) is 24.0 Å². The topological polar surface area (TPSA) is 86.5 Å².